The van der Waals surface area contributed by atoms with Crippen LogP contribution in [0.15, 0.2) is 36.4 Å². The molecule has 1 aromatic heterocycles. The molecule has 0 bridgehead atoms. The monoisotopic (exact) mass is 351 g/mol. The number of hydrogen-bond donors (Lipinski definition) is 2. The third-order valence-electron chi connectivity index (χ3n) is 4.47. The molecule has 136 valence electrons. The number of nitrogens with one attached hydrogen (secondary N) is 2. The molecule has 0 spiro atoms. The van der Waals surface area contributed by atoms with Gasteiger partial charge in [-0.1, -0.05) is 30.3 Å². The minimum Gasteiger partial charge on any atom is -0.379 e. The largest absolute Gasteiger partial charge is 0.379 e. The number of morpholine rings is 1. The van der Waals surface area contributed by atoms with Crippen LogP contribution in [0.4, 0.5) is 11.6 Å². The van der Waals surface area contributed by atoms with E-state index in [1.807, 2.05) is 31.2 Å². The van der Waals surface area contributed by atoms with Crippen LogP contribution in [-0.2, 0) is 11.3 Å². The molecule has 1 aliphatic rings. The van der Waals surface area contributed by atoms with E-state index in [4.69, 9.17) is 4.74 Å². The summed E-state index contributed by atoms with van der Waals surface area (Å²) in [5.74, 6) is 1.43. The highest BCUT2D eigenvalue weighted by Crippen LogP contribution is 2.21. The Bertz CT molecular complexity index is 751. The minimum absolute atomic E-state index is 0.609. The van der Waals surface area contributed by atoms with Crippen molar-refractivity contribution in [1.29, 1.82) is 5.26 Å². The molecule has 0 aliphatic carbocycles. The molecular weight excluding hydrogens is 326 g/mol. The van der Waals surface area contributed by atoms with Gasteiger partial charge in [-0.3, -0.25) is 4.90 Å². The Kier molecular flexibility index (Phi) is 6.42. The zero-order valence-electron chi connectivity index (χ0n) is 15.2. The first-order chi connectivity index (χ1) is 12.8. The Morgan fingerprint density at radius 2 is 1.96 bits per heavy atom. The number of rotatable bonds is 7. The van der Waals surface area contributed by atoms with Crippen LogP contribution in [0.1, 0.15) is 16.7 Å². The van der Waals surface area contributed by atoms with Crippen molar-refractivity contribution < 1.29 is 4.74 Å². The van der Waals surface area contributed by atoms with Gasteiger partial charge in [-0.25, -0.2) is 4.98 Å². The Balaban J connectivity index is 1.63. The Labute approximate surface area is 154 Å². The number of aromatic nitrogens is 1. The quantitative estimate of drug-likeness (QED) is 0.799. The van der Waals surface area contributed by atoms with Gasteiger partial charge in [0.2, 0.25) is 0 Å². The van der Waals surface area contributed by atoms with Gasteiger partial charge in [0, 0.05) is 32.7 Å². The van der Waals surface area contributed by atoms with Crippen molar-refractivity contribution in [3.05, 3.63) is 53.1 Å². The van der Waals surface area contributed by atoms with E-state index in [2.05, 4.69) is 38.7 Å². The fourth-order valence-corrected chi connectivity index (χ4v) is 2.98. The van der Waals surface area contributed by atoms with E-state index >= 15 is 0 Å². The van der Waals surface area contributed by atoms with Gasteiger partial charge in [-0.05, 0) is 24.1 Å². The van der Waals surface area contributed by atoms with Gasteiger partial charge in [-0.2, -0.15) is 5.26 Å². The smallest absolute Gasteiger partial charge is 0.146 e. The minimum atomic E-state index is 0.609. The second kappa shape index (κ2) is 9.18. The second-order valence-electron chi connectivity index (χ2n) is 6.38. The highest BCUT2D eigenvalue weighted by atomic mass is 16.5. The molecule has 1 aromatic carbocycles. The molecule has 2 N–H and O–H groups in total. The molecule has 0 atom stereocenters. The molecule has 0 radical (unpaired) electrons. The number of anilines is 2. The first-order valence-corrected chi connectivity index (χ1v) is 9.00. The number of aryl methyl sites for hydroxylation is 1. The first-order valence-electron chi connectivity index (χ1n) is 9.00. The summed E-state index contributed by atoms with van der Waals surface area (Å²) in [6.07, 6.45) is 0. The molecule has 0 amide bonds. The molecule has 0 unspecified atom stereocenters. The number of nitriles is 1. The molecule has 1 saturated heterocycles. The number of benzene rings is 1. The average Bonchev–Trinajstić information content (AvgIpc) is 2.68. The molecule has 2 aromatic rings. The lowest BCUT2D eigenvalue weighted by Gasteiger charge is -2.26. The molecule has 1 fully saturated rings. The lowest BCUT2D eigenvalue weighted by atomic mass is 10.1. The lowest BCUT2D eigenvalue weighted by Crippen LogP contribution is -2.39. The normalized spacial score (nSPS) is 14.6. The Morgan fingerprint density at radius 3 is 2.69 bits per heavy atom. The highest BCUT2D eigenvalue weighted by molar-refractivity contribution is 5.60. The summed E-state index contributed by atoms with van der Waals surface area (Å²) < 4.78 is 5.37. The van der Waals surface area contributed by atoms with Gasteiger partial charge in [0.15, 0.2) is 0 Å². The highest BCUT2D eigenvalue weighted by Gasteiger charge is 2.12. The van der Waals surface area contributed by atoms with Gasteiger partial charge in [-0.15, -0.1) is 0 Å². The number of nitrogens with zero attached hydrogens (tertiary/aromatic N) is 3. The summed E-state index contributed by atoms with van der Waals surface area (Å²) >= 11 is 0. The van der Waals surface area contributed by atoms with Crippen LogP contribution in [0.25, 0.3) is 0 Å². The van der Waals surface area contributed by atoms with Crippen LogP contribution < -0.4 is 10.6 Å². The van der Waals surface area contributed by atoms with Crippen LogP contribution >= 0.6 is 0 Å². The summed E-state index contributed by atoms with van der Waals surface area (Å²) in [4.78, 5) is 6.97. The lowest BCUT2D eigenvalue weighted by molar-refractivity contribution is 0.0398. The predicted octanol–water partition coefficient (Wildman–Crippen LogP) is 2.62. The molecule has 6 nitrogen and oxygen atoms in total. The van der Waals surface area contributed by atoms with Crippen LogP contribution in [0.2, 0.25) is 0 Å². The fourth-order valence-electron chi connectivity index (χ4n) is 2.98. The third kappa shape index (κ3) is 4.94. The van der Waals surface area contributed by atoms with Gasteiger partial charge in [0.25, 0.3) is 0 Å². The van der Waals surface area contributed by atoms with Gasteiger partial charge >= 0.3 is 0 Å². The molecule has 0 saturated carbocycles. The van der Waals surface area contributed by atoms with E-state index in [1.54, 1.807) is 0 Å². The number of ether oxygens (including phenoxy) is 1. The molecular formula is C20H25N5O. The van der Waals surface area contributed by atoms with Crippen molar-refractivity contribution in [2.45, 2.75) is 13.5 Å². The maximum absolute atomic E-state index is 9.47. The van der Waals surface area contributed by atoms with E-state index in [0.29, 0.717) is 17.9 Å². The molecule has 26 heavy (non-hydrogen) atoms. The van der Waals surface area contributed by atoms with Crippen molar-refractivity contribution in [3.63, 3.8) is 0 Å². The predicted molar refractivity (Wildman–Crippen MR) is 103 cm³/mol. The van der Waals surface area contributed by atoms with E-state index in [1.165, 1.54) is 5.56 Å². The standard InChI is InChI=1S/C20H25N5O/c1-16-13-19(23-15-17-5-3-2-4-6-17)24-20(18(16)14-21)22-7-8-25-9-11-26-12-10-25/h2-6,13H,7-12,15H2,1H3,(H2,22,23,24). The van der Waals surface area contributed by atoms with Crippen LogP contribution in [-0.4, -0.2) is 49.3 Å². The zero-order chi connectivity index (χ0) is 18.2. The van der Waals surface area contributed by atoms with E-state index in [0.717, 1.165) is 50.8 Å². The SMILES string of the molecule is Cc1cc(NCc2ccccc2)nc(NCCN2CCOCC2)c1C#N. The Morgan fingerprint density at radius 1 is 1.19 bits per heavy atom. The third-order valence-corrected chi connectivity index (χ3v) is 4.47. The Hall–Kier alpha value is -2.62. The van der Waals surface area contributed by atoms with Crippen LogP contribution in [0, 0.1) is 18.3 Å². The van der Waals surface area contributed by atoms with Crippen molar-refractivity contribution in [1.82, 2.24) is 9.88 Å². The van der Waals surface area contributed by atoms with Crippen molar-refractivity contribution >= 4 is 11.6 Å². The summed E-state index contributed by atoms with van der Waals surface area (Å²) in [7, 11) is 0. The number of hydrogen-bond acceptors (Lipinski definition) is 6. The van der Waals surface area contributed by atoms with Gasteiger partial charge in [0.05, 0.1) is 18.8 Å². The van der Waals surface area contributed by atoms with E-state index < -0.39 is 0 Å². The maximum Gasteiger partial charge on any atom is 0.146 e. The second-order valence-corrected chi connectivity index (χ2v) is 6.38. The summed E-state index contributed by atoms with van der Waals surface area (Å²) in [5, 5.41) is 16.1. The molecule has 1 aliphatic heterocycles. The van der Waals surface area contributed by atoms with Gasteiger partial charge in [0.1, 0.15) is 17.7 Å². The zero-order valence-corrected chi connectivity index (χ0v) is 15.2. The topological polar surface area (TPSA) is 73.2 Å². The fraction of sp³-hybridized carbons (Fsp3) is 0.400. The summed E-state index contributed by atoms with van der Waals surface area (Å²) in [5.41, 5.74) is 2.72. The van der Waals surface area contributed by atoms with E-state index in [-0.39, 0.29) is 0 Å². The van der Waals surface area contributed by atoms with Crippen molar-refractivity contribution in [2.24, 2.45) is 0 Å². The van der Waals surface area contributed by atoms with Gasteiger partial charge < -0.3 is 15.4 Å². The van der Waals surface area contributed by atoms with Crippen LogP contribution in [0.3, 0.4) is 0 Å². The van der Waals surface area contributed by atoms with Crippen LogP contribution in [0.5, 0.6) is 0 Å². The number of pyridine rings is 1. The van der Waals surface area contributed by atoms with E-state index in [9.17, 15) is 5.26 Å². The molecule has 2 heterocycles. The van der Waals surface area contributed by atoms with Crippen molar-refractivity contribution in [2.75, 3.05) is 50.0 Å². The summed E-state index contributed by atoms with van der Waals surface area (Å²) in [6.45, 7) is 7.81. The van der Waals surface area contributed by atoms with Crippen molar-refractivity contribution in [3.8, 4) is 6.07 Å². The average molecular weight is 351 g/mol. The summed E-state index contributed by atoms with van der Waals surface area (Å²) in [6, 6.07) is 14.4. The maximum atomic E-state index is 9.47. The molecule has 3 rings (SSSR count). The molecule has 6 heteroatoms. The first kappa shape index (κ1) is 18.2.